The lowest BCUT2D eigenvalue weighted by Gasteiger charge is -2.36. The molecule has 0 saturated heterocycles. The van der Waals surface area contributed by atoms with Crippen LogP contribution >= 0.6 is 11.3 Å². The third-order valence-corrected chi connectivity index (χ3v) is 5.91. The highest BCUT2D eigenvalue weighted by Crippen LogP contribution is 2.40. The number of carbonyl (C=O) groups is 1. The van der Waals surface area contributed by atoms with Crippen molar-refractivity contribution in [3.05, 3.63) is 119 Å². The SMILES string of the molecule is CCO/N=C(/C(=O)O)c1csc(NC(c2ccccc2)(c2ccccc2)c2ccccc2)n1. The Morgan fingerprint density at radius 1 is 0.939 bits per heavy atom. The molecule has 0 amide bonds. The second-order valence-electron chi connectivity index (χ2n) is 7.17. The average molecular weight is 458 g/mol. The molecular formula is C26H23N3O3S. The Kier molecular flexibility index (Phi) is 6.80. The van der Waals surface area contributed by atoms with E-state index in [0.29, 0.717) is 5.13 Å². The topological polar surface area (TPSA) is 83.8 Å². The van der Waals surface area contributed by atoms with Gasteiger partial charge in [0.15, 0.2) is 5.13 Å². The number of carboxylic acids is 1. The number of carboxylic acid groups (broad SMARTS) is 1. The maximum absolute atomic E-state index is 11.7. The summed E-state index contributed by atoms with van der Waals surface area (Å²) in [5.41, 5.74) is 2.35. The molecule has 0 unspecified atom stereocenters. The van der Waals surface area contributed by atoms with E-state index in [1.807, 2.05) is 54.6 Å². The fourth-order valence-corrected chi connectivity index (χ4v) is 4.46. The molecule has 0 aliphatic rings. The summed E-state index contributed by atoms with van der Waals surface area (Å²) in [7, 11) is 0. The predicted molar refractivity (Wildman–Crippen MR) is 131 cm³/mol. The zero-order chi connectivity index (χ0) is 23.1. The molecule has 1 heterocycles. The lowest BCUT2D eigenvalue weighted by Crippen LogP contribution is -2.38. The minimum atomic E-state index is -1.19. The first-order valence-corrected chi connectivity index (χ1v) is 11.4. The molecule has 0 saturated carbocycles. The molecule has 7 heteroatoms. The van der Waals surface area contributed by atoms with Crippen molar-refractivity contribution in [2.24, 2.45) is 5.16 Å². The van der Waals surface area contributed by atoms with Crippen molar-refractivity contribution in [3.8, 4) is 0 Å². The molecular weight excluding hydrogens is 434 g/mol. The van der Waals surface area contributed by atoms with Crippen LogP contribution in [0.25, 0.3) is 0 Å². The van der Waals surface area contributed by atoms with Gasteiger partial charge in [0.1, 0.15) is 17.8 Å². The van der Waals surface area contributed by atoms with Crippen LogP contribution in [0.5, 0.6) is 0 Å². The zero-order valence-corrected chi connectivity index (χ0v) is 18.8. The third-order valence-electron chi connectivity index (χ3n) is 5.15. The number of anilines is 1. The van der Waals surface area contributed by atoms with Gasteiger partial charge in [0.25, 0.3) is 0 Å². The van der Waals surface area contributed by atoms with Gasteiger partial charge in [0.2, 0.25) is 5.71 Å². The molecule has 0 fully saturated rings. The van der Waals surface area contributed by atoms with Crippen molar-refractivity contribution in [1.82, 2.24) is 4.98 Å². The molecule has 0 bridgehead atoms. The Morgan fingerprint density at radius 3 is 1.85 bits per heavy atom. The molecule has 1 aromatic heterocycles. The number of oxime groups is 1. The monoisotopic (exact) mass is 457 g/mol. The Balaban J connectivity index is 1.87. The molecule has 4 rings (SSSR count). The van der Waals surface area contributed by atoms with Crippen molar-refractivity contribution < 1.29 is 14.7 Å². The summed E-state index contributed by atoms with van der Waals surface area (Å²) >= 11 is 1.32. The summed E-state index contributed by atoms with van der Waals surface area (Å²) in [5, 5.41) is 19.2. The number of aromatic nitrogens is 1. The van der Waals surface area contributed by atoms with Crippen LogP contribution in [-0.4, -0.2) is 28.4 Å². The second kappa shape index (κ2) is 10.1. The molecule has 3 aromatic carbocycles. The minimum Gasteiger partial charge on any atom is -0.476 e. The summed E-state index contributed by atoms with van der Waals surface area (Å²) in [4.78, 5) is 21.2. The molecule has 166 valence electrons. The lowest BCUT2D eigenvalue weighted by atomic mass is 9.77. The summed E-state index contributed by atoms with van der Waals surface area (Å²) in [6.45, 7) is 2.01. The fraction of sp³-hybridized carbons (Fsp3) is 0.115. The van der Waals surface area contributed by atoms with Crippen molar-refractivity contribution in [2.45, 2.75) is 12.5 Å². The van der Waals surface area contributed by atoms with E-state index >= 15 is 0 Å². The molecule has 0 radical (unpaired) electrons. The molecule has 0 spiro atoms. The Labute approximate surface area is 196 Å². The van der Waals surface area contributed by atoms with Crippen molar-refractivity contribution >= 4 is 28.1 Å². The van der Waals surface area contributed by atoms with Gasteiger partial charge in [-0.25, -0.2) is 9.78 Å². The summed E-state index contributed by atoms with van der Waals surface area (Å²) in [6.07, 6.45) is 0. The van der Waals surface area contributed by atoms with E-state index in [9.17, 15) is 9.90 Å². The van der Waals surface area contributed by atoms with Crippen LogP contribution < -0.4 is 5.32 Å². The highest BCUT2D eigenvalue weighted by atomic mass is 32.1. The van der Waals surface area contributed by atoms with Gasteiger partial charge in [0, 0.05) is 5.38 Å². The van der Waals surface area contributed by atoms with Gasteiger partial charge >= 0.3 is 5.97 Å². The van der Waals surface area contributed by atoms with Crippen LogP contribution in [0, 0.1) is 0 Å². The maximum atomic E-state index is 11.7. The number of hydrogen-bond acceptors (Lipinski definition) is 6. The largest absolute Gasteiger partial charge is 0.476 e. The smallest absolute Gasteiger partial charge is 0.360 e. The van der Waals surface area contributed by atoms with Crippen LogP contribution in [-0.2, 0) is 15.2 Å². The average Bonchev–Trinajstić information content (AvgIpc) is 3.32. The van der Waals surface area contributed by atoms with Crippen LogP contribution in [0.1, 0.15) is 29.3 Å². The quantitative estimate of drug-likeness (QED) is 0.200. The molecule has 0 aliphatic heterocycles. The van der Waals surface area contributed by atoms with Gasteiger partial charge < -0.3 is 15.3 Å². The number of aliphatic carboxylic acids is 1. The van der Waals surface area contributed by atoms with E-state index in [0.717, 1.165) is 16.7 Å². The van der Waals surface area contributed by atoms with Gasteiger partial charge in [-0.3, -0.25) is 0 Å². The van der Waals surface area contributed by atoms with Gasteiger partial charge in [0.05, 0.1) is 0 Å². The first kappa shape index (κ1) is 22.2. The lowest BCUT2D eigenvalue weighted by molar-refractivity contribution is -0.129. The molecule has 33 heavy (non-hydrogen) atoms. The van der Waals surface area contributed by atoms with E-state index in [1.54, 1.807) is 12.3 Å². The Hall–Kier alpha value is -3.97. The van der Waals surface area contributed by atoms with Gasteiger partial charge in [-0.2, -0.15) is 0 Å². The summed E-state index contributed by atoms with van der Waals surface area (Å²) in [5.74, 6) is -1.19. The summed E-state index contributed by atoms with van der Waals surface area (Å²) < 4.78 is 0. The molecule has 6 nitrogen and oxygen atoms in total. The second-order valence-corrected chi connectivity index (χ2v) is 8.03. The van der Waals surface area contributed by atoms with Crippen molar-refractivity contribution in [2.75, 3.05) is 11.9 Å². The van der Waals surface area contributed by atoms with Crippen LogP contribution in [0.15, 0.2) is 102 Å². The first-order chi connectivity index (χ1) is 16.1. The Morgan fingerprint density at radius 2 is 1.42 bits per heavy atom. The van der Waals surface area contributed by atoms with Crippen LogP contribution in [0.3, 0.4) is 0 Å². The molecule has 4 aromatic rings. The highest BCUT2D eigenvalue weighted by Gasteiger charge is 2.37. The van der Waals surface area contributed by atoms with Gasteiger partial charge in [-0.1, -0.05) is 96.2 Å². The van der Waals surface area contributed by atoms with Gasteiger partial charge in [-0.05, 0) is 23.6 Å². The van der Waals surface area contributed by atoms with E-state index < -0.39 is 11.5 Å². The first-order valence-electron chi connectivity index (χ1n) is 10.5. The third kappa shape index (κ3) is 4.63. The van der Waals surface area contributed by atoms with E-state index in [-0.39, 0.29) is 18.0 Å². The van der Waals surface area contributed by atoms with E-state index in [4.69, 9.17) is 4.84 Å². The standard InChI is InChI=1S/C26H23N3O3S/c1-2-32-29-23(24(30)31)22-18-33-25(27-22)28-26(19-12-6-3-7-13-19,20-14-8-4-9-15-20)21-16-10-5-11-17-21/h3-18H,2H2,1H3,(H,27,28)(H,30,31)/b29-23+. The van der Waals surface area contributed by atoms with E-state index in [2.05, 4.69) is 51.9 Å². The van der Waals surface area contributed by atoms with Crippen LogP contribution in [0.4, 0.5) is 5.13 Å². The number of rotatable bonds is 9. The number of nitrogens with zero attached hydrogens (tertiary/aromatic N) is 2. The Bertz CT molecular complexity index is 1130. The minimum absolute atomic E-state index is 0.231. The predicted octanol–water partition coefficient (Wildman–Crippen LogP) is 5.37. The molecule has 2 N–H and O–H groups in total. The fourth-order valence-electron chi connectivity index (χ4n) is 3.71. The van der Waals surface area contributed by atoms with Gasteiger partial charge in [-0.15, -0.1) is 11.3 Å². The van der Waals surface area contributed by atoms with Crippen molar-refractivity contribution in [3.63, 3.8) is 0 Å². The van der Waals surface area contributed by atoms with E-state index in [1.165, 1.54) is 11.3 Å². The summed E-state index contributed by atoms with van der Waals surface area (Å²) in [6, 6.07) is 30.4. The number of thiazole rings is 1. The highest BCUT2D eigenvalue weighted by molar-refractivity contribution is 7.14. The number of hydrogen-bond donors (Lipinski definition) is 2. The number of benzene rings is 3. The maximum Gasteiger partial charge on any atom is 0.360 e. The van der Waals surface area contributed by atoms with Crippen LogP contribution in [0.2, 0.25) is 0 Å². The molecule has 0 aliphatic carbocycles. The molecule has 0 atom stereocenters. The normalized spacial score (nSPS) is 11.7. The van der Waals surface area contributed by atoms with Crippen molar-refractivity contribution in [1.29, 1.82) is 0 Å². The number of nitrogens with one attached hydrogen (secondary N) is 1. The zero-order valence-electron chi connectivity index (χ0n) is 18.0.